The highest BCUT2D eigenvalue weighted by molar-refractivity contribution is 7.14. The topological polar surface area (TPSA) is 64.1 Å². The number of anilines is 1. The second-order valence-electron chi connectivity index (χ2n) is 5.26. The molecule has 0 unspecified atom stereocenters. The number of pyridine rings is 1. The molecule has 140 valence electrons. The highest BCUT2D eigenvalue weighted by Crippen LogP contribution is 2.26. The molecule has 0 bridgehead atoms. The van der Waals surface area contributed by atoms with Gasteiger partial charge in [-0.2, -0.15) is 13.2 Å². The summed E-state index contributed by atoms with van der Waals surface area (Å²) in [6.45, 7) is -1.56. The third kappa shape index (κ3) is 5.00. The Morgan fingerprint density at radius 1 is 1.19 bits per heavy atom. The van der Waals surface area contributed by atoms with Gasteiger partial charge >= 0.3 is 6.18 Å². The average molecular weight is 397 g/mol. The lowest BCUT2D eigenvalue weighted by Gasteiger charge is -2.11. The van der Waals surface area contributed by atoms with Crippen molar-refractivity contribution < 1.29 is 27.1 Å². The van der Waals surface area contributed by atoms with Crippen LogP contribution in [-0.4, -0.2) is 28.7 Å². The Hall–Kier alpha value is -3.01. The fourth-order valence-corrected chi connectivity index (χ4v) is 2.79. The number of carbonyl (C=O) groups is 1. The maximum atomic E-state index is 13.0. The predicted molar refractivity (Wildman–Crippen MR) is 91.2 cm³/mol. The van der Waals surface area contributed by atoms with Gasteiger partial charge in [0.2, 0.25) is 5.88 Å². The van der Waals surface area contributed by atoms with Gasteiger partial charge in [0.05, 0.1) is 5.69 Å². The highest BCUT2D eigenvalue weighted by atomic mass is 32.1. The van der Waals surface area contributed by atoms with Crippen LogP contribution < -0.4 is 10.1 Å². The number of rotatable bonds is 5. The normalized spacial score (nSPS) is 11.3. The molecule has 0 radical (unpaired) electrons. The number of hydrogen-bond donors (Lipinski definition) is 1. The number of amides is 1. The molecule has 0 fully saturated rings. The molecule has 2 aromatic heterocycles. The summed E-state index contributed by atoms with van der Waals surface area (Å²) in [5.74, 6) is -1.52. The highest BCUT2D eigenvalue weighted by Gasteiger charge is 2.29. The molecule has 3 rings (SSSR count). The van der Waals surface area contributed by atoms with E-state index in [-0.39, 0.29) is 16.5 Å². The number of nitrogens with zero attached hydrogens (tertiary/aromatic N) is 2. The van der Waals surface area contributed by atoms with Gasteiger partial charge in [-0.05, 0) is 36.4 Å². The zero-order chi connectivity index (χ0) is 19.4. The Bertz CT molecular complexity index is 942. The van der Waals surface area contributed by atoms with E-state index in [0.717, 1.165) is 11.3 Å². The first-order valence-electron chi connectivity index (χ1n) is 7.49. The Kier molecular flexibility index (Phi) is 5.36. The lowest BCUT2D eigenvalue weighted by molar-refractivity contribution is -0.154. The van der Waals surface area contributed by atoms with Crippen LogP contribution in [0.4, 0.5) is 22.7 Å². The van der Waals surface area contributed by atoms with E-state index < -0.39 is 24.6 Å². The molecule has 1 aromatic carbocycles. The van der Waals surface area contributed by atoms with Crippen molar-refractivity contribution in [3.63, 3.8) is 0 Å². The Morgan fingerprint density at radius 2 is 1.93 bits per heavy atom. The summed E-state index contributed by atoms with van der Waals surface area (Å²) >= 11 is 1.12. The van der Waals surface area contributed by atoms with Gasteiger partial charge in [-0.1, -0.05) is 0 Å². The fourth-order valence-electron chi connectivity index (χ4n) is 2.08. The van der Waals surface area contributed by atoms with Gasteiger partial charge in [0.1, 0.15) is 11.4 Å². The summed E-state index contributed by atoms with van der Waals surface area (Å²) in [4.78, 5) is 20.2. The third-order valence-corrected chi connectivity index (χ3v) is 4.01. The maximum Gasteiger partial charge on any atom is 0.422 e. The summed E-state index contributed by atoms with van der Waals surface area (Å²) in [6, 6.07) is 8.35. The van der Waals surface area contributed by atoms with Gasteiger partial charge in [0.25, 0.3) is 5.91 Å². The number of hydrogen-bond acceptors (Lipinski definition) is 5. The molecule has 10 heteroatoms. The molecule has 2 heterocycles. The fraction of sp³-hybridized carbons (Fsp3) is 0.118. The number of alkyl halides is 3. The van der Waals surface area contributed by atoms with E-state index in [1.54, 1.807) is 17.5 Å². The maximum absolute atomic E-state index is 13.0. The second-order valence-corrected chi connectivity index (χ2v) is 6.12. The van der Waals surface area contributed by atoms with Crippen molar-refractivity contribution in [2.24, 2.45) is 0 Å². The molecule has 0 spiro atoms. The van der Waals surface area contributed by atoms with Crippen molar-refractivity contribution in [3.8, 4) is 17.1 Å². The lowest BCUT2D eigenvalue weighted by Crippen LogP contribution is -2.21. The predicted octanol–water partition coefficient (Wildman–Crippen LogP) is 4.54. The van der Waals surface area contributed by atoms with Crippen LogP contribution in [0, 0.1) is 5.82 Å². The van der Waals surface area contributed by atoms with E-state index in [0.29, 0.717) is 11.3 Å². The number of aromatic nitrogens is 2. The summed E-state index contributed by atoms with van der Waals surface area (Å²) in [6.07, 6.45) is -3.33. The van der Waals surface area contributed by atoms with Crippen LogP contribution in [0.3, 0.4) is 0 Å². The van der Waals surface area contributed by atoms with Gasteiger partial charge in [0.15, 0.2) is 11.7 Å². The summed E-state index contributed by atoms with van der Waals surface area (Å²) in [5, 5.41) is 4.38. The number of benzene rings is 1. The molecule has 5 nitrogen and oxygen atoms in total. The molecule has 1 amide bonds. The van der Waals surface area contributed by atoms with Crippen molar-refractivity contribution >= 4 is 22.4 Å². The van der Waals surface area contributed by atoms with E-state index in [1.807, 2.05) is 0 Å². The van der Waals surface area contributed by atoms with Crippen molar-refractivity contribution in [3.05, 3.63) is 59.4 Å². The van der Waals surface area contributed by atoms with Crippen molar-refractivity contribution in [1.82, 2.24) is 9.97 Å². The number of thiazole rings is 1. The minimum atomic E-state index is -4.55. The van der Waals surface area contributed by atoms with Gasteiger partial charge < -0.3 is 4.74 Å². The van der Waals surface area contributed by atoms with Gasteiger partial charge in [-0.25, -0.2) is 14.4 Å². The average Bonchev–Trinajstić information content (AvgIpc) is 3.08. The SMILES string of the molecule is O=C(Nc1nc(-c2ccc(F)cc2)cs1)c1cccnc1OCC(F)(F)F. The molecule has 0 aliphatic heterocycles. The summed E-state index contributed by atoms with van der Waals surface area (Å²) in [5.41, 5.74) is 1.03. The molecule has 0 atom stereocenters. The van der Waals surface area contributed by atoms with Crippen LogP contribution in [0.25, 0.3) is 11.3 Å². The molecule has 3 aromatic rings. The molecular weight excluding hydrogens is 386 g/mol. The summed E-state index contributed by atoms with van der Waals surface area (Å²) in [7, 11) is 0. The van der Waals surface area contributed by atoms with E-state index in [1.165, 1.54) is 30.5 Å². The van der Waals surface area contributed by atoms with Crippen LogP contribution in [0.1, 0.15) is 10.4 Å². The second kappa shape index (κ2) is 7.70. The minimum absolute atomic E-state index is 0.153. The Balaban J connectivity index is 1.74. The number of nitrogens with one attached hydrogen (secondary N) is 1. The molecule has 0 aliphatic carbocycles. The molecular formula is C17H11F4N3O2S. The van der Waals surface area contributed by atoms with Gasteiger partial charge in [-0.15, -0.1) is 11.3 Å². The molecule has 0 aliphatic rings. The third-order valence-electron chi connectivity index (χ3n) is 3.25. The largest absolute Gasteiger partial charge is 0.467 e. The van der Waals surface area contributed by atoms with Gasteiger partial charge in [0, 0.05) is 17.1 Å². The minimum Gasteiger partial charge on any atom is -0.467 e. The van der Waals surface area contributed by atoms with E-state index in [2.05, 4.69) is 20.0 Å². The molecule has 0 saturated heterocycles. The Labute approximate surface area is 154 Å². The lowest BCUT2D eigenvalue weighted by atomic mass is 10.2. The Morgan fingerprint density at radius 3 is 2.63 bits per heavy atom. The van der Waals surface area contributed by atoms with E-state index >= 15 is 0 Å². The quantitative estimate of drug-likeness (QED) is 0.642. The van der Waals surface area contributed by atoms with Crippen molar-refractivity contribution in [2.75, 3.05) is 11.9 Å². The van der Waals surface area contributed by atoms with E-state index in [9.17, 15) is 22.4 Å². The van der Waals surface area contributed by atoms with Gasteiger partial charge in [-0.3, -0.25) is 10.1 Å². The number of carbonyl (C=O) groups excluding carboxylic acids is 1. The van der Waals surface area contributed by atoms with Crippen LogP contribution in [0.2, 0.25) is 0 Å². The first-order valence-corrected chi connectivity index (χ1v) is 8.37. The number of ether oxygens (including phenoxy) is 1. The molecule has 1 N–H and O–H groups in total. The first kappa shape index (κ1) is 18.8. The summed E-state index contributed by atoms with van der Waals surface area (Å²) < 4.78 is 54.5. The monoisotopic (exact) mass is 397 g/mol. The van der Waals surface area contributed by atoms with Crippen LogP contribution in [-0.2, 0) is 0 Å². The first-order chi connectivity index (χ1) is 12.8. The number of halogens is 4. The smallest absolute Gasteiger partial charge is 0.422 e. The molecule has 27 heavy (non-hydrogen) atoms. The van der Waals surface area contributed by atoms with Crippen LogP contribution in [0.5, 0.6) is 5.88 Å². The van der Waals surface area contributed by atoms with Crippen LogP contribution in [0.15, 0.2) is 48.0 Å². The van der Waals surface area contributed by atoms with Crippen molar-refractivity contribution in [2.45, 2.75) is 6.18 Å². The van der Waals surface area contributed by atoms with E-state index in [4.69, 9.17) is 0 Å². The standard InChI is InChI=1S/C17H11F4N3O2S/c18-11-5-3-10(4-6-11)13-8-27-16(23-13)24-14(25)12-2-1-7-22-15(12)26-9-17(19,20)21/h1-8H,9H2,(H,23,24,25). The molecule has 0 saturated carbocycles. The zero-order valence-electron chi connectivity index (χ0n) is 13.5. The van der Waals surface area contributed by atoms with Crippen molar-refractivity contribution in [1.29, 1.82) is 0 Å². The zero-order valence-corrected chi connectivity index (χ0v) is 14.3. The van der Waals surface area contributed by atoms with Crippen LogP contribution >= 0.6 is 11.3 Å².